The lowest BCUT2D eigenvalue weighted by Crippen LogP contribution is -2.27. The Morgan fingerprint density at radius 3 is 1.08 bits per heavy atom. The zero-order valence-electron chi connectivity index (χ0n) is 37.8. The molecule has 1 N–H and O–H groups in total. The number of carbonyl (C=O) groups is 1. The molecule has 2 aromatic rings. The molecule has 2 aromatic carbocycles. The fraction of sp³-hybridized carbons (Fsp3) is 0.729. The van der Waals surface area contributed by atoms with Crippen LogP contribution in [0.3, 0.4) is 0 Å². The van der Waals surface area contributed by atoms with E-state index in [1.54, 1.807) is 0 Å². The van der Waals surface area contributed by atoms with E-state index in [1.165, 1.54) is 67.2 Å². The third-order valence-corrected chi connectivity index (χ3v) is 9.94. The summed E-state index contributed by atoms with van der Waals surface area (Å²) in [5.74, 6) is 0.0495. The molecule has 0 atom stereocenters. The molecule has 0 aliphatic heterocycles. The number of carbonyl (C=O) groups excluding carboxylic acids is 1. The Morgan fingerprint density at radius 2 is 0.710 bits per heavy atom. The largest absolute Gasteiger partial charge is 0.449 e. The van der Waals surface area contributed by atoms with Crippen LogP contribution in [-0.2, 0) is 56.8 Å². The lowest BCUT2D eigenvalue weighted by atomic mass is 9.98. The van der Waals surface area contributed by atoms with E-state index < -0.39 is 6.09 Å². The number of amides is 1. The lowest BCUT2D eigenvalue weighted by molar-refractivity contribution is -0.0275. The summed E-state index contributed by atoms with van der Waals surface area (Å²) in [6.45, 7) is 14.8. The van der Waals surface area contributed by atoms with Crippen molar-refractivity contribution in [1.29, 1.82) is 0 Å². The fourth-order valence-electron chi connectivity index (χ4n) is 6.65. The molecule has 0 aromatic heterocycles. The highest BCUT2D eigenvalue weighted by Gasteiger charge is 2.29. The summed E-state index contributed by atoms with van der Waals surface area (Å²) in [7, 11) is 0. The highest BCUT2D eigenvalue weighted by atomic mass is 16.6. The minimum absolute atomic E-state index is 0.0495. The molecule has 62 heavy (non-hydrogen) atoms. The molecule has 0 saturated carbocycles. The van der Waals surface area contributed by atoms with Crippen LogP contribution in [0.5, 0.6) is 0 Å². The topological polar surface area (TPSA) is 140 Å². The van der Waals surface area contributed by atoms with Crippen LogP contribution in [-0.4, -0.2) is 165 Å². The fourth-order valence-corrected chi connectivity index (χ4v) is 6.65. The van der Waals surface area contributed by atoms with Crippen molar-refractivity contribution in [3.63, 3.8) is 0 Å². The Bertz CT molecular complexity index is 1280. The molecule has 14 heteroatoms. The number of alkyl carbamates (subject to hydrolysis) is 1. The monoisotopic (exact) mass is 878 g/mol. The van der Waals surface area contributed by atoms with Crippen LogP contribution < -0.4 is 5.32 Å². The zero-order valence-corrected chi connectivity index (χ0v) is 37.8. The van der Waals surface area contributed by atoms with Crippen molar-refractivity contribution < 1.29 is 61.6 Å². The van der Waals surface area contributed by atoms with Gasteiger partial charge in [0.15, 0.2) is 0 Å². The number of rotatable bonds is 45. The first kappa shape index (κ1) is 53.6. The van der Waals surface area contributed by atoms with Gasteiger partial charge in [-0.2, -0.15) is 0 Å². The second-order valence-electron chi connectivity index (χ2n) is 14.8. The van der Waals surface area contributed by atoms with Gasteiger partial charge in [-0.3, -0.25) is 0 Å². The summed E-state index contributed by atoms with van der Waals surface area (Å²) in [5, 5.41) is 2.81. The van der Waals surface area contributed by atoms with Crippen LogP contribution >= 0.6 is 0 Å². The van der Waals surface area contributed by atoms with Gasteiger partial charge >= 0.3 is 6.09 Å². The molecule has 1 aliphatic carbocycles. The Morgan fingerprint density at radius 1 is 0.403 bits per heavy atom. The molecule has 3 rings (SSSR count). The maximum absolute atomic E-state index is 12.3. The van der Waals surface area contributed by atoms with Crippen LogP contribution in [0, 0.1) is 0 Å². The molecular weight excluding hydrogens is 799 g/mol. The predicted molar refractivity (Wildman–Crippen MR) is 239 cm³/mol. The summed E-state index contributed by atoms with van der Waals surface area (Å²) in [5.41, 5.74) is 4.81. The van der Waals surface area contributed by atoms with E-state index >= 15 is 0 Å². The van der Waals surface area contributed by atoms with E-state index in [1.807, 2.05) is 24.3 Å². The molecule has 0 heterocycles. The number of benzene rings is 2. The van der Waals surface area contributed by atoms with Gasteiger partial charge in [0.2, 0.25) is 0 Å². The number of hydrogen-bond donors (Lipinski definition) is 1. The SMILES string of the molecule is CCCCCCCCCCOCCOCCOCCOCCOCCOCCOCCOCCOCCOCCOCCCNC(=O)OCC1c2ccccc2-c2ccccc21. The van der Waals surface area contributed by atoms with Crippen molar-refractivity contribution in [3.8, 4) is 11.1 Å². The van der Waals surface area contributed by atoms with E-state index in [4.69, 9.17) is 56.8 Å². The molecule has 1 aliphatic rings. The first-order valence-corrected chi connectivity index (χ1v) is 23.2. The molecule has 14 nitrogen and oxygen atoms in total. The normalized spacial score (nSPS) is 12.2. The van der Waals surface area contributed by atoms with Crippen molar-refractivity contribution >= 4 is 6.09 Å². The Labute approximate surface area is 372 Å². The van der Waals surface area contributed by atoms with Crippen LogP contribution in [0.25, 0.3) is 11.1 Å². The summed E-state index contributed by atoms with van der Waals surface area (Å²) in [6.07, 6.45) is 10.8. The number of nitrogens with one attached hydrogen (secondary N) is 1. The second kappa shape index (κ2) is 39.8. The molecular formula is C48H79NO13. The predicted octanol–water partition coefficient (Wildman–Crippen LogP) is 7.24. The van der Waals surface area contributed by atoms with Gasteiger partial charge in [0.1, 0.15) is 6.61 Å². The van der Waals surface area contributed by atoms with Crippen molar-refractivity contribution in [3.05, 3.63) is 59.7 Å². The minimum atomic E-state index is -0.414. The number of hydrogen-bond acceptors (Lipinski definition) is 13. The van der Waals surface area contributed by atoms with Gasteiger partial charge in [-0.15, -0.1) is 0 Å². The van der Waals surface area contributed by atoms with Gasteiger partial charge < -0.3 is 62.2 Å². The van der Waals surface area contributed by atoms with Crippen LogP contribution in [0.15, 0.2) is 48.5 Å². The standard InChI is InChI=1S/C48H79NO13/c1-2-3-4-5-6-7-8-13-20-51-22-24-53-26-28-55-30-32-57-34-36-59-38-40-61-41-39-60-37-35-58-33-31-56-29-27-54-25-23-52-21-14-19-49-48(50)62-42-47-45-17-11-9-15-43(45)44-16-10-12-18-46(44)47/h9-12,15-18,47H,2-8,13-14,19-42H2,1H3,(H,49,50). The van der Waals surface area contributed by atoms with E-state index in [9.17, 15) is 4.79 Å². The maximum Gasteiger partial charge on any atom is 0.407 e. The first-order chi connectivity index (χ1) is 30.8. The Kier molecular flexibility index (Phi) is 34.4. The van der Waals surface area contributed by atoms with Crippen molar-refractivity contribution in [2.75, 3.05) is 159 Å². The van der Waals surface area contributed by atoms with Gasteiger partial charge in [0, 0.05) is 25.7 Å². The molecule has 0 unspecified atom stereocenters. The zero-order chi connectivity index (χ0) is 43.6. The van der Waals surface area contributed by atoms with Crippen molar-refractivity contribution in [1.82, 2.24) is 5.32 Å². The second-order valence-corrected chi connectivity index (χ2v) is 14.8. The van der Waals surface area contributed by atoms with E-state index in [2.05, 4.69) is 36.5 Å². The van der Waals surface area contributed by atoms with Gasteiger partial charge in [0.05, 0.1) is 132 Å². The number of unbranched alkanes of at least 4 members (excludes halogenated alkanes) is 7. The molecule has 1 amide bonds. The Balaban J connectivity index is 0.911. The molecule has 0 spiro atoms. The lowest BCUT2D eigenvalue weighted by Gasteiger charge is -2.14. The number of ether oxygens (including phenoxy) is 12. The van der Waals surface area contributed by atoms with Crippen LogP contribution in [0.1, 0.15) is 81.8 Å². The quantitative estimate of drug-likeness (QED) is 0.0670. The molecule has 0 radical (unpaired) electrons. The van der Waals surface area contributed by atoms with Crippen molar-refractivity contribution in [2.45, 2.75) is 70.6 Å². The summed E-state index contributed by atoms with van der Waals surface area (Å²) in [6, 6.07) is 16.6. The summed E-state index contributed by atoms with van der Waals surface area (Å²) < 4.78 is 66.6. The van der Waals surface area contributed by atoms with E-state index in [0.717, 1.165) is 13.0 Å². The van der Waals surface area contributed by atoms with Crippen LogP contribution in [0.4, 0.5) is 4.79 Å². The Hall–Kier alpha value is -2.73. The maximum atomic E-state index is 12.3. The number of fused-ring (bicyclic) bond motifs is 3. The molecule has 0 saturated heterocycles. The molecule has 0 fully saturated rings. The van der Waals surface area contributed by atoms with Crippen molar-refractivity contribution in [2.24, 2.45) is 0 Å². The van der Waals surface area contributed by atoms with Gasteiger partial charge in [0.25, 0.3) is 0 Å². The first-order valence-electron chi connectivity index (χ1n) is 23.2. The van der Waals surface area contributed by atoms with Crippen LogP contribution in [0.2, 0.25) is 0 Å². The smallest absolute Gasteiger partial charge is 0.407 e. The summed E-state index contributed by atoms with van der Waals surface area (Å²) in [4.78, 5) is 12.3. The third-order valence-electron chi connectivity index (χ3n) is 9.94. The molecule has 0 bridgehead atoms. The van der Waals surface area contributed by atoms with Gasteiger partial charge in [-0.25, -0.2) is 4.79 Å². The van der Waals surface area contributed by atoms with Gasteiger partial charge in [-0.05, 0) is 35.1 Å². The highest BCUT2D eigenvalue weighted by Crippen LogP contribution is 2.44. The van der Waals surface area contributed by atoms with E-state index in [0.29, 0.717) is 158 Å². The average Bonchev–Trinajstić information content (AvgIpc) is 3.61. The average molecular weight is 878 g/mol. The summed E-state index contributed by atoms with van der Waals surface area (Å²) >= 11 is 0. The minimum Gasteiger partial charge on any atom is -0.449 e. The van der Waals surface area contributed by atoms with E-state index in [-0.39, 0.29) is 5.92 Å². The third kappa shape index (κ3) is 27.5. The molecule has 354 valence electrons. The van der Waals surface area contributed by atoms with Gasteiger partial charge in [-0.1, -0.05) is 100 Å². The highest BCUT2D eigenvalue weighted by molar-refractivity contribution is 5.79.